The molecule has 29 heavy (non-hydrogen) atoms. The van der Waals surface area contributed by atoms with E-state index in [-0.39, 0.29) is 12.0 Å². The molecular formula is C22H29N3O4. The zero-order chi connectivity index (χ0) is 20.8. The third kappa shape index (κ3) is 5.84. The molecule has 2 heterocycles. The van der Waals surface area contributed by atoms with Crippen LogP contribution in [0.5, 0.6) is 11.5 Å². The number of nitrogens with zero attached hydrogens (tertiary/aromatic N) is 3. The summed E-state index contributed by atoms with van der Waals surface area (Å²) < 4.78 is 16.4. The number of carbonyl (C=O) groups excluding carboxylic acids is 1. The molecular weight excluding hydrogens is 370 g/mol. The molecule has 1 aromatic carbocycles. The molecule has 7 heteroatoms. The quantitative estimate of drug-likeness (QED) is 0.667. The average Bonchev–Trinajstić information content (AvgIpc) is 3.11. The van der Waals surface area contributed by atoms with Gasteiger partial charge in [0.15, 0.2) is 17.3 Å². The molecule has 0 atom stereocenters. The highest BCUT2D eigenvalue weighted by Crippen LogP contribution is 2.29. The van der Waals surface area contributed by atoms with E-state index in [2.05, 4.69) is 10.1 Å². The summed E-state index contributed by atoms with van der Waals surface area (Å²) in [5, 5.41) is 3.92. The lowest BCUT2D eigenvalue weighted by atomic mass is 10.1. The number of aromatic nitrogens is 1. The number of hydrogen-bond donors (Lipinski definition) is 0. The Morgan fingerprint density at radius 3 is 2.59 bits per heavy atom. The van der Waals surface area contributed by atoms with Crippen molar-refractivity contribution in [1.29, 1.82) is 0 Å². The van der Waals surface area contributed by atoms with Gasteiger partial charge in [0.2, 0.25) is 5.91 Å². The van der Waals surface area contributed by atoms with E-state index < -0.39 is 0 Å². The van der Waals surface area contributed by atoms with E-state index in [0.29, 0.717) is 24.6 Å². The van der Waals surface area contributed by atoms with Crippen LogP contribution in [0.4, 0.5) is 0 Å². The van der Waals surface area contributed by atoms with Gasteiger partial charge in [-0.05, 0) is 44.5 Å². The van der Waals surface area contributed by atoms with E-state index in [0.717, 1.165) is 36.7 Å². The topological polar surface area (TPSA) is 68.0 Å². The van der Waals surface area contributed by atoms with Gasteiger partial charge in [0, 0.05) is 38.3 Å². The molecule has 156 valence electrons. The molecule has 0 radical (unpaired) electrons. The first-order valence-electron chi connectivity index (χ1n) is 9.91. The van der Waals surface area contributed by atoms with Gasteiger partial charge in [0.1, 0.15) is 0 Å². The van der Waals surface area contributed by atoms with E-state index in [9.17, 15) is 4.79 Å². The minimum absolute atomic E-state index is 0.0154. The van der Waals surface area contributed by atoms with Crippen molar-refractivity contribution in [2.45, 2.75) is 33.4 Å². The number of methoxy groups -OCH3 is 1. The Morgan fingerprint density at radius 1 is 1.21 bits per heavy atom. The summed E-state index contributed by atoms with van der Waals surface area (Å²) in [5.74, 6) is 2.23. The number of amides is 1. The Balaban J connectivity index is 1.53. The highest BCUT2D eigenvalue weighted by Gasteiger charge is 2.20. The molecule has 0 saturated carbocycles. The lowest BCUT2D eigenvalue weighted by Gasteiger charge is -2.33. The van der Waals surface area contributed by atoms with E-state index in [1.54, 1.807) is 13.2 Å². The molecule has 1 saturated heterocycles. The standard InChI is InChI=1S/C22H29N3O4/c1-16(2)28-20-7-5-18(14-21(20)27-4)6-8-22(26)25-11-9-24(10-12-25)15-19-13-17(3)23-29-19/h5-8,13-14,16H,9-12,15H2,1-4H3/b8-6+. The van der Waals surface area contributed by atoms with Gasteiger partial charge in [-0.25, -0.2) is 0 Å². The predicted molar refractivity (Wildman–Crippen MR) is 111 cm³/mol. The van der Waals surface area contributed by atoms with Crippen LogP contribution >= 0.6 is 0 Å². The van der Waals surface area contributed by atoms with Gasteiger partial charge in [-0.15, -0.1) is 0 Å². The molecule has 1 aliphatic rings. The lowest BCUT2D eigenvalue weighted by molar-refractivity contribution is -0.127. The Bertz CT molecular complexity index is 851. The van der Waals surface area contributed by atoms with Crippen LogP contribution in [-0.2, 0) is 11.3 Å². The van der Waals surface area contributed by atoms with Crippen LogP contribution in [0, 0.1) is 6.92 Å². The number of rotatable bonds is 7. The van der Waals surface area contributed by atoms with Gasteiger partial charge in [0.25, 0.3) is 0 Å². The van der Waals surface area contributed by atoms with Gasteiger partial charge in [0.05, 0.1) is 25.5 Å². The van der Waals surface area contributed by atoms with Crippen LogP contribution in [0.2, 0.25) is 0 Å². The molecule has 1 fully saturated rings. The second kappa shape index (κ2) is 9.60. The molecule has 2 aromatic rings. The average molecular weight is 399 g/mol. The zero-order valence-corrected chi connectivity index (χ0v) is 17.6. The molecule has 3 rings (SSSR count). The summed E-state index contributed by atoms with van der Waals surface area (Å²) in [4.78, 5) is 16.7. The maximum absolute atomic E-state index is 12.5. The second-order valence-electron chi connectivity index (χ2n) is 7.45. The van der Waals surface area contributed by atoms with Crippen molar-refractivity contribution in [2.75, 3.05) is 33.3 Å². The lowest BCUT2D eigenvalue weighted by Crippen LogP contribution is -2.47. The van der Waals surface area contributed by atoms with Gasteiger partial charge in [-0.2, -0.15) is 0 Å². The number of piperazine rings is 1. The third-order valence-corrected chi connectivity index (χ3v) is 4.71. The summed E-state index contributed by atoms with van der Waals surface area (Å²) in [6, 6.07) is 7.61. The van der Waals surface area contributed by atoms with Crippen molar-refractivity contribution < 1.29 is 18.8 Å². The number of hydrogen-bond acceptors (Lipinski definition) is 6. The first-order valence-corrected chi connectivity index (χ1v) is 9.91. The minimum atomic E-state index is 0.0154. The second-order valence-corrected chi connectivity index (χ2v) is 7.45. The number of carbonyl (C=O) groups is 1. The highest BCUT2D eigenvalue weighted by atomic mass is 16.5. The summed E-state index contributed by atoms with van der Waals surface area (Å²) in [7, 11) is 1.61. The monoisotopic (exact) mass is 399 g/mol. The summed E-state index contributed by atoms with van der Waals surface area (Å²) >= 11 is 0. The fraction of sp³-hybridized carbons (Fsp3) is 0.455. The maximum Gasteiger partial charge on any atom is 0.246 e. The van der Waals surface area contributed by atoms with Crippen molar-refractivity contribution in [3.05, 3.63) is 47.4 Å². The van der Waals surface area contributed by atoms with Crippen molar-refractivity contribution in [3.8, 4) is 11.5 Å². The van der Waals surface area contributed by atoms with Crippen LogP contribution in [-0.4, -0.2) is 60.3 Å². The van der Waals surface area contributed by atoms with Crippen molar-refractivity contribution in [3.63, 3.8) is 0 Å². The summed E-state index contributed by atoms with van der Waals surface area (Å²) in [6.45, 7) is 9.60. The van der Waals surface area contributed by atoms with Crippen molar-refractivity contribution in [2.24, 2.45) is 0 Å². The number of benzene rings is 1. The van der Waals surface area contributed by atoms with E-state index >= 15 is 0 Å². The number of ether oxygens (including phenoxy) is 2. The molecule has 1 aliphatic heterocycles. The maximum atomic E-state index is 12.5. The predicted octanol–water partition coefficient (Wildman–Crippen LogP) is 3.14. The van der Waals surface area contributed by atoms with E-state index in [1.165, 1.54) is 0 Å². The van der Waals surface area contributed by atoms with E-state index in [1.807, 2.05) is 56.0 Å². The van der Waals surface area contributed by atoms with E-state index in [4.69, 9.17) is 14.0 Å². The molecule has 0 N–H and O–H groups in total. The molecule has 1 amide bonds. The Morgan fingerprint density at radius 2 is 1.97 bits per heavy atom. The first-order chi connectivity index (χ1) is 13.9. The minimum Gasteiger partial charge on any atom is -0.493 e. The van der Waals surface area contributed by atoms with Crippen molar-refractivity contribution >= 4 is 12.0 Å². The summed E-state index contributed by atoms with van der Waals surface area (Å²) in [5.41, 5.74) is 1.78. The third-order valence-electron chi connectivity index (χ3n) is 4.71. The van der Waals surface area contributed by atoms with Gasteiger partial charge >= 0.3 is 0 Å². The first kappa shape index (κ1) is 20.9. The molecule has 0 aliphatic carbocycles. The number of aryl methyl sites for hydroxylation is 1. The fourth-order valence-corrected chi connectivity index (χ4v) is 3.25. The molecule has 0 spiro atoms. The Hall–Kier alpha value is -2.80. The van der Waals surface area contributed by atoms with Crippen molar-refractivity contribution in [1.82, 2.24) is 15.0 Å². The van der Waals surface area contributed by atoms with Gasteiger partial charge in [-0.1, -0.05) is 11.2 Å². The zero-order valence-electron chi connectivity index (χ0n) is 17.6. The van der Waals surface area contributed by atoms with Crippen LogP contribution in [0.3, 0.4) is 0 Å². The molecule has 0 bridgehead atoms. The SMILES string of the molecule is COc1cc(/C=C/C(=O)N2CCN(Cc3cc(C)no3)CC2)ccc1OC(C)C. The van der Waals surface area contributed by atoms with Gasteiger partial charge < -0.3 is 18.9 Å². The fourth-order valence-electron chi connectivity index (χ4n) is 3.25. The van der Waals surface area contributed by atoms with Crippen LogP contribution in [0.25, 0.3) is 6.08 Å². The smallest absolute Gasteiger partial charge is 0.246 e. The van der Waals surface area contributed by atoms with Crippen LogP contribution in [0.15, 0.2) is 34.9 Å². The molecule has 1 aromatic heterocycles. The van der Waals surface area contributed by atoms with Gasteiger partial charge in [-0.3, -0.25) is 9.69 Å². The largest absolute Gasteiger partial charge is 0.493 e. The van der Waals surface area contributed by atoms with Crippen LogP contribution in [0.1, 0.15) is 30.9 Å². The molecule has 7 nitrogen and oxygen atoms in total. The summed E-state index contributed by atoms with van der Waals surface area (Å²) in [6.07, 6.45) is 3.50. The normalized spacial score (nSPS) is 15.3. The highest BCUT2D eigenvalue weighted by molar-refractivity contribution is 5.92. The Labute approximate surface area is 171 Å². The molecule has 0 unspecified atom stereocenters. The van der Waals surface area contributed by atoms with Crippen LogP contribution < -0.4 is 9.47 Å². The Kier molecular flexibility index (Phi) is 6.93.